The fourth-order valence-electron chi connectivity index (χ4n) is 4.07. The number of carbonyl (C=O) groups excluding carboxylic acids is 2. The number of esters is 1. The van der Waals surface area contributed by atoms with Crippen LogP contribution in [0.15, 0.2) is 60.7 Å². The second-order valence-corrected chi connectivity index (χ2v) is 7.24. The number of ether oxygens (including phenoxy) is 1. The summed E-state index contributed by atoms with van der Waals surface area (Å²) in [6, 6.07) is 18.1. The van der Waals surface area contributed by atoms with Gasteiger partial charge in [-0.3, -0.25) is 9.59 Å². The quantitative estimate of drug-likeness (QED) is 0.500. The molecule has 0 saturated heterocycles. The normalized spacial score (nSPS) is 18.9. The van der Waals surface area contributed by atoms with Gasteiger partial charge in [-0.15, -0.1) is 0 Å². The fourth-order valence-corrected chi connectivity index (χ4v) is 4.07. The molecule has 0 fully saturated rings. The highest BCUT2D eigenvalue weighted by atomic mass is 16.5. The highest BCUT2D eigenvalue weighted by Crippen LogP contribution is 2.40. The molecule has 0 amide bonds. The molecule has 0 heterocycles. The fraction of sp³-hybridized carbons (Fsp3) is 0.360. The highest BCUT2D eigenvalue weighted by Gasteiger charge is 2.39. The third-order valence-corrected chi connectivity index (χ3v) is 5.60. The number of ketones is 1. The summed E-state index contributed by atoms with van der Waals surface area (Å²) in [7, 11) is 0. The van der Waals surface area contributed by atoms with Crippen molar-refractivity contribution in [1.29, 1.82) is 0 Å². The number of nitrogens with zero attached hydrogens (tertiary/aromatic N) is 1. The second kappa shape index (κ2) is 9.55. The summed E-state index contributed by atoms with van der Waals surface area (Å²) in [6.07, 6.45) is 2.25. The van der Waals surface area contributed by atoms with Crippen LogP contribution < -0.4 is 4.90 Å². The molecule has 4 heteroatoms. The summed E-state index contributed by atoms with van der Waals surface area (Å²) in [5.74, 6) is -1.63. The maximum absolute atomic E-state index is 13.0. The Morgan fingerprint density at radius 3 is 2.24 bits per heavy atom. The van der Waals surface area contributed by atoms with Crippen molar-refractivity contribution in [3.8, 4) is 0 Å². The second-order valence-electron chi connectivity index (χ2n) is 7.24. The molecule has 2 unspecified atom stereocenters. The van der Waals surface area contributed by atoms with Crippen LogP contribution >= 0.6 is 0 Å². The molecule has 2 aromatic rings. The summed E-state index contributed by atoms with van der Waals surface area (Å²) < 4.78 is 5.24. The highest BCUT2D eigenvalue weighted by molar-refractivity contribution is 6.10. The van der Waals surface area contributed by atoms with Crippen molar-refractivity contribution in [2.24, 2.45) is 5.92 Å². The number of hydrogen-bond donors (Lipinski definition) is 0. The minimum absolute atomic E-state index is 0.175. The molecule has 29 heavy (non-hydrogen) atoms. The van der Waals surface area contributed by atoms with Crippen molar-refractivity contribution in [1.82, 2.24) is 0 Å². The molecule has 0 aliphatic heterocycles. The zero-order valence-corrected chi connectivity index (χ0v) is 17.4. The minimum Gasteiger partial charge on any atom is -0.465 e. The standard InChI is InChI=1S/C25H29NO3/c1-4-26(5-2)21-14-12-19(13-15-21)22-16-20(18-10-8-7-9-11-18)17-23(27)24(22)25(28)29-6-3/h7-15,17,22,24H,4-6,16H2,1-3H3. The summed E-state index contributed by atoms with van der Waals surface area (Å²) in [4.78, 5) is 27.9. The lowest BCUT2D eigenvalue weighted by Gasteiger charge is -2.30. The maximum atomic E-state index is 13.0. The van der Waals surface area contributed by atoms with E-state index in [4.69, 9.17) is 4.74 Å². The van der Waals surface area contributed by atoms with Gasteiger partial charge in [0.25, 0.3) is 0 Å². The van der Waals surface area contributed by atoms with E-state index in [1.165, 1.54) is 0 Å². The molecular formula is C25H29NO3. The SMILES string of the molecule is CCOC(=O)C1C(=O)C=C(c2ccccc2)CC1c1ccc(N(CC)CC)cc1. The van der Waals surface area contributed by atoms with Crippen LogP contribution in [-0.4, -0.2) is 31.4 Å². The van der Waals surface area contributed by atoms with Crippen molar-refractivity contribution in [3.05, 3.63) is 71.8 Å². The largest absolute Gasteiger partial charge is 0.465 e. The van der Waals surface area contributed by atoms with Crippen LogP contribution in [0.3, 0.4) is 0 Å². The third kappa shape index (κ3) is 4.58. The summed E-state index contributed by atoms with van der Waals surface area (Å²) >= 11 is 0. The van der Waals surface area contributed by atoms with Gasteiger partial charge < -0.3 is 9.64 Å². The molecule has 0 aromatic heterocycles. The summed E-state index contributed by atoms with van der Waals surface area (Å²) in [5.41, 5.74) is 4.13. The molecular weight excluding hydrogens is 362 g/mol. The van der Waals surface area contributed by atoms with Crippen LogP contribution in [0.2, 0.25) is 0 Å². The van der Waals surface area contributed by atoms with Gasteiger partial charge in [0.15, 0.2) is 5.78 Å². The van der Waals surface area contributed by atoms with Crippen LogP contribution in [0.5, 0.6) is 0 Å². The molecule has 2 aromatic carbocycles. The van der Waals surface area contributed by atoms with Gasteiger partial charge in [0.2, 0.25) is 0 Å². The molecule has 152 valence electrons. The Balaban J connectivity index is 1.97. The Kier molecular flexibility index (Phi) is 6.86. The first-order chi connectivity index (χ1) is 14.1. The monoisotopic (exact) mass is 391 g/mol. The predicted octanol–water partition coefficient (Wildman–Crippen LogP) is 4.85. The Morgan fingerprint density at radius 1 is 1.00 bits per heavy atom. The lowest BCUT2D eigenvalue weighted by atomic mass is 9.73. The Labute approximate surface area is 173 Å². The van der Waals surface area contributed by atoms with Crippen molar-refractivity contribution in [3.63, 3.8) is 0 Å². The van der Waals surface area contributed by atoms with Gasteiger partial charge in [-0.25, -0.2) is 0 Å². The molecule has 0 N–H and O–H groups in total. The van der Waals surface area contributed by atoms with E-state index >= 15 is 0 Å². The molecule has 0 radical (unpaired) electrons. The third-order valence-electron chi connectivity index (χ3n) is 5.60. The van der Waals surface area contributed by atoms with Gasteiger partial charge in [0.05, 0.1) is 6.61 Å². The first-order valence-corrected chi connectivity index (χ1v) is 10.4. The van der Waals surface area contributed by atoms with Crippen LogP contribution in [-0.2, 0) is 14.3 Å². The van der Waals surface area contributed by atoms with E-state index < -0.39 is 11.9 Å². The Hall–Kier alpha value is -2.88. The Morgan fingerprint density at radius 2 is 1.66 bits per heavy atom. The lowest BCUT2D eigenvalue weighted by molar-refractivity contribution is -0.151. The minimum atomic E-state index is -0.790. The average Bonchev–Trinajstić information content (AvgIpc) is 2.75. The van der Waals surface area contributed by atoms with Gasteiger partial charge in [0, 0.05) is 24.7 Å². The topological polar surface area (TPSA) is 46.6 Å². The first kappa shape index (κ1) is 20.8. The predicted molar refractivity (Wildman–Crippen MR) is 117 cm³/mol. The number of carbonyl (C=O) groups is 2. The van der Waals surface area contributed by atoms with E-state index in [2.05, 4.69) is 30.9 Å². The number of allylic oxidation sites excluding steroid dienone is 2. The van der Waals surface area contributed by atoms with E-state index in [-0.39, 0.29) is 18.3 Å². The van der Waals surface area contributed by atoms with Crippen molar-refractivity contribution in [2.75, 3.05) is 24.6 Å². The average molecular weight is 392 g/mol. The molecule has 3 rings (SSSR count). The van der Waals surface area contributed by atoms with Gasteiger partial charge in [0.1, 0.15) is 5.92 Å². The number of hydrogen-bond acceptors (Lipinski definition) is 4. The smallest absolute Gasteiger partial charge is 0.317 e. The number of rotatable bonds is 7. The van der Waals surface area contributed by atoms with Crippen LogP contribution in [0.1, 0.15) is 44.2 Å². The molecule has 1 aliphatic rings. The van der Waals surface area contributed by atoms with Gasteiger partial charge in [-0.1, -0.05) is 42.5 Å². The molecule has 0 bridgehead atoms. The van der Waals surface area contributed by atoms with Gasteiger partial charge >= 0.3 is 5.97 Å². The van der Waals surface area contributed by atoms with Crippen molar-refractivity contribution >= 4 is 23.0 Å². The molecule has 0 saturated carbocycles. The molecule has 1 aliphatic carbocycles. The molecule has 0 spiro atoms. The van der Waals surface area contributed by atoms with Crippen molar-refractivity contribution in [2.45, 2.75) is 33.1 Å². The van der Waals surface area contributed by atoms with E-state index in [0.717, 1.165) is 35.5 Å². The van der Waals surface area contributed by atoms with E-state index in [1.807, 2.05) is 42.5 Å². The molecule has 2 atom stereocenters. The first-order valence-electron chi connectivity index (χ1n) is 10.4. The number of anilines is 1. The lowest BCUT2D eigenvalue weighted by Crippen LogP contribution is -2.34. The molecule has 4 nitrogen and oxygen atoms in total. The summed E-state index contributed by atoms with van der Waals surface area (Å²) in [5, 5.41) is 0. The zero-order chi connectivity index (χ0) is 20.8. The van der Waals surface area contributed by atoms with E-state index in [0.29, 0.717) is 6.42 Å². The van der Waals surface area contributed by atoms with Crippen LogP contribution in [0.25, 0.3) is 5.57 Å². The van der Waals surface area contributed by atoms with Gasteiger partial charge in [-0.05, 0) is 62.1 Å². The Bertz CT molecular complexity index is 867. The van der Waals surface area contributed by atoms with Crippen molar-refractivity contribution < 1.29 is 14.3 Å². The van der Waals surface area contributed by atoms with Crippen LogP contribution in [0, 0.1) is 5.92 Å². The van der Waals surface area contributed by atoms with E-state index in [1.54, 1.807) is 13.0 Å². The van der Waals surface area contributed by atoms with Crippen LogP contribution in [0.4, 0.5) is 5.69 Å². The maximum Gasteiger partial charge on any atom is 0.317 e. The number of benzene rings is 2. The van der Waals surface area contributed by atoms with Gasteiger partial charge in [-0.2, -0.15) is 0 Å². The van der Waals surface area contributed by atoms with E-state index in [9.17, 15) is 9.59 Å². The zero-order valence-electron chi connectivity index (χ0n) is 17.4. The summed E-state index contributed by atoms with van der Waals surface area (Å²) in [6.45, 7) is 8.17.